The van der Waals surface area contributed by atoms with E-state index in [2.05, 4.69) is 60.7 Å². The van der Waals surface area contributed by atoms with E-state index in [1.54, 1.807) is 0 Å². The lowest BCUT2D eigenvalue weighted by atomic mass is 9.95. The smallest absolute Gasteiger partial charge is 0.134 e. The molecule has 2 aromatic carbocycles. The predicted octanol–water partition coefficient (Wildman–Crippen LogP) is 4.96. The zero-order chi connectivity index (χ0) is 15.0. The van der Waals surface area contributed by atoms with E-state index in [4.69, 9.17) is 10.2 Å². The molecule has 3 aromatic rings. The molecule has 0 bridgehead atoms. The van der Waals surface area contributed by atoms with Crippen LogP contribution in [0.3, 0.4) is 0 Å². The summed E-state index contributed by atoms with van der Waals surface area (Å²) in [5, 5.41) is 1.12. The van der Waals surface area contributed by atoms with Crippen LogP contribution in [0, 0.1) is 10.5 Å². The molecule has 1 heterocycles. The SMILES string of the molecule is CCc1oc2ccccc2c1C(N)c1cccc(C)c1I. The summed E-state index contributed by atoms with van der Waals surface area (Å²) in [5.74, 6) is 0.987. The van der Waals surface area contributed by atoms with Crippen LogP contribution in [-0.2, 0) is 6.42 Å². The lowest BCUT2D eigenvalue weighted by molar-refractivity contribution is 0.546. The molecular weight excluding hydrogens is 373 g/mol. The van der Waals surface area contributed by atoms with Crippen LogP contribution in [0.1, 0.15) is 35.4 Å². The normalized spacial score (nSPS) is 12.8. The van der Waals surface area contributed by atoms with Crippen molar-refractivity contribution < 1.29 is 4.42 Å². The Labute approximate surface area is 138 Å². The van der Waals surface area contributed by atoms with E-state index >= 15 is 0 Å². The van der Waals surface area contributed by atoms with Gasteiger partial charge in [-0.15, -0.1) is 0 Å². The first-order valence-corrected chi connectivity index (χ1v) is 8.22. The molecule has 0 radical (unpaired) electrons. The number of rotatable bonds is 3. The fourth-order valence-corrected chi connectivity index (χ4v) is 3.48. The highest BCUT2D eigenvalue weighted by Crippen LogP contribution is 2.35. The minimum Gasteiger partial charge on any atom is -0.461 e. The van der Waals surface area contributed by atoms with E-state index in [0.29, 0.717) is 0 Å². The fourth-order valence-electron chi connectivity index (χ4n) is 2.79. The van der Waals surface area contributed by atoms with Crippen LogP contribution < -0.4 is 5.73 Å². The first kappa shape index (κ1) is 14.6. The van der Waals surface area contributed by atoms with Crippen molar-refractivity contribution in [3.8, 4) is 0 Å². The Hall–Kier alpha value is -1.33. The van der Waals surface area contributed by atoms with E-state index in [9.17, 15) is 0 Å². The lowest BCUT2D eigenvalue weighted by Crippen LogP contribution is -2.15. The molecule has 0 saturated carbocycles. The summed E-state index contributed by atoms with van der Waals surface area (Å²) in [6.07, 6.45) is 0.847. The number of hydrogen-bond donors (Lipinski definition) is 1. The number of aryl methyl sites for hydroxylation is 2. The van der Waals surface area contributed by atoms with Crippen molar-refractivity contribution in [3.05, 3.63) is 68.5 Å². The monoisotopic (exact) mass is 391 g/mol. The zero-order valence-electron chi connectivity index (χ0n) is 12.2. The Morgan fingerprint density at radius 1 is 1.14 bits per heavy atom. The quantitative estimate of drug-likeness (QED) is 0.642. The maximum absolute atomic E-state index is 6.61. The molecule has 108 valence electrons. The summed E-state index contributed by atoms with van der Waals surface area (Å²) in [4.78, 5) is 0. The fraction of sp³-hybridized carbons (Fsp3) is 0.222. The van der Waals surface area contributed by atoms with Gasteiger partial charge in [0.2, 0.25) is 0 Å². The van der Waals surface area contributed by atoms with Gasteiger partial charge in [-0.25, -0.2) is 0 Å². The number of benzene rings is 2. The molecule has 0 saturated heterocycles. The van der Waals surface area contributed by atoms with Crippen LogP contribution in [-0.4, -0.2) is 0 Å². The van der Waals surface area contributed by atoms with Crippen LogP contribution in [0.5, 0.6) is 0 Å². The number of hydrogen-bond acceptors (Lipinski definition) is 2. The van der Waals surface area contributed by atoms with E-state index in [1.165, 1.54) is 9.13 Å². The Bertz CT molecular complexity index is 791. The van der Waals surface area contributed by atoms with E-state index in [-0.39, 0.29) is 6.04 Å². The van der Waals surface area contributed by atoms with Crippen molar-refractivity contribution in [3.63, 3.8) is 0 Å². The van der Waals surface area contributed by atoms with Gasteiger partial charge in [-0.3, -0.25) is 0 Å². The third-order valence-corrected chi connectivity index (χ3v) is 5.37. The maximum atomic E-state index is 6.61. The van der Waals surface area contributed by atoms with Gasteiger partial charge in [-0.2, -0.15) is 0 Å². The molecule has 0 aliphatic carbocycles. The van der Waals surface area contributed by atoms with Crippen molar-refractivity contribution in [2.45, 2.75) is 26.3 Å². The molecule has 21 heavy (non-hydrogen) atoms. The first-order valence-electron chi connectivity index (χ1n) is 7.14. The van der Waals surface area contributed by atoms with Crippen molar-refractivity contribution in [1.82, 2.24) is 0 Å². The summed E-state index contributed by atoms with van der Waals surface area (Å²) in [6, 6.07) is 14.3. The molecular formula is C18H18INO. The second kappa shape index (κ2) is 5.81. The van der Waals surface area contributed by atoms with Crippen LogP contribution in [0.4, 0.5) is 0 Å². The zero-order valence-corrected chi connectivity index (χ0v) is 14.3. The molecule has 1 unspecified atom stereocenters. The molecule has 3 heteroatoms. The van der Waals surface area contributed by atoms with Gasteiger partial charge in [0.05, 0.1) is 6.04 Å². The summed E-state index contributed by atoms with van der Waals surface area (Å²) in [6.45, 7) is 4.22. The van der Waals surface area contributed by atoms with Gasteiger partial charge in [0.25, 0.3) is 0 Å². The summed E-state index contributed by atoms with van der Waals surface area (Å²) >= 11 is 2.38. The van der Waals surface area contributed by atoms with Crippen LogP contribution in [0.25, 0.3) is 11.0 Å². The summed E-state index contributed by atoms with van der Waals surface area (Å²) in [5.41, 5.74) is 11.1. The minimum atomic E-state index is -0.157. The Kier molecular flexibility index (Phi) is 4.04. The van der Waals surface area contributed by atoms with E-state index in [1.807, 2.05) is 18.2 Å². The highest BCUT2D eigenvalue weighted by Gasteiger charge is 2.22. The van der Waals surface area contributed by atoms with E-state index < -0.39 is 0 Å². The summed E-state index contributed by atoms with van der Waals surface area (Å²) in [7, 11) is 0. The topological polar surface area (TPSA) is 39.2 Å². The number of halogens is 1. The standard InChI is InChI=1S/C18H18INO/c1-3-14-16(12-8-4-5-10-15(12)21-14)18(20)13-9-6-7-11(2)17(13)19/h4-10,18H,3,20H2,1-2H3. The number of fused-ring (bicyclic) bond motifs is 1. The number of nitrogens with two attached hydrogens (primary N) is 1. The van der Waals surface area contributed by atoms with Crippen molar-refractivity contribution in [2.24, 2.45) is 5.73 Å². The van der Waals surface area contributed by atoms with Crippen LogP contribution >= 0.6 is 22.6 Å². The molecule has 1 atom stereocenters. The second-order valence-corrected chi connectivity index (χ2v) is 6.32. The molecule has 1 aromatic heterocycles. The molecule has 0 aliphatic heterocycles. The lowest BCUT2D eigenvalue weighted by Gasteiger charge is -2.16. The number of furan rings is 1. The average molecular weight is 391 g/mol. The molecule has 0 amide bonds. The Morgan fingerprint density at radius 2 is 1.90 bits per heavy atom. The van der Waals surface area contributed by atoms with Gasteiger partial charge in [0, 0.05) is 20.9 Å². The second-order valence-electron chi connectivity index (χ2n) is 5.24. The summed E-state index contributed by atoms with van der Waals surface area (Å²) < 4.78 is 7.21. The van der Waals surface area contributed by atoms with Crippen molar-refractivity contribution in [1.29, 1.82) is 0 Å². The van der Waals surface area contributed by atoms with Gasteiger partial charge in [0.15, 0.2) is 0 Å². The van der Waals surface area contributed by atoms with E-state index in [0.717, 1.165) is 34.3 Å². The van der Waals surface area contributed by atoms with Gasteiger partial charge >= 0.3 is 0 Å². The highest BCUT2D eigenvalue weighted by molar-refractivity contribution is 14.1. The minimum absolute atomic E-state index is 0.157. The number of para-hydroxylation sites is 1. The molecule has 0 spiro atoms. The van der Waals surface area contributed by atoms with Gasteiger partial charge in [-0.1, -0.05) is 43.3 Å². The molecule has 0 fully saturated rings. The predicted molar refractivity (Wildman–Crippen MR) is 95.5 cm³/mol. The van der Waals surface area contributed by atoms with Gasteiger partial charge < -0.3 is 10.2 Å². The third-order valence-electron chi connectivity index (χ3n) is 3.90. The first-order chi connectivity index (χ1) is 10.1. The molecule has 0 aliphatic rings. The molecule has 2 nitrogen and oxygen atoms in total. The average Bonchev–Trinajstić information content (AvgIpc) is 2.88. The Morgan fingerprint density at radius 3 is 2.67 bits per heavy atom. The van der Waals surface area contributed by atoms with Crippen molar-refractivity contribution >= 4 is 33.6 Å². The third kappa shape index (κ3) is 2.49. The van der Waals surface area contributed by atoms with Crippen LogP contribution in [0.15, 0.2) is 46.9 Å². The largest absolute Gasteiger partial charge is 0.461 e. The maximum Gasteiger partial charge on any atom is 0.134 e. The van der Waals surface area contributed by atoms with Crippen LogP contribution in [0.2, 0.25) is 0 Å². The van der Waals surface area contributed by atoms with Gasteiger partial charge in [0.1, 0.15) is 11.3 Å². The molecule has 3 rings (SSSR count). The highest BCUT2D eigenvalue weighted by atomic mass is 127. The van der Waals surface area contributed by atoms with Gasteiger partial charge in [-0.05, 0) is 46.7 Å². The molecule has 2 N–H and O–H groups in total. The van der Waals surface area contributed by atoms with Crippen molar-refractivity contribution in [2.75, 3.05) is 0 Å². The Balaban J connectivity index is 2.21.